The number of hydrogen-bond acceptors (Lipinski definition) is 3. The van der Waals surface area contributed by atoms with E-state index in [0.717, 1.165) is 47.5 Å². The molecule has 0 radical (unpaired) electrons. The van der Waals surface area contributed by atoms with E-state index in [1.807, 2.05) is 55.6 Å². The molecule has 0 saturated heterocycles. The molecule has 0 fully saturated rings. The summed E-state index contributed by atoms with van der Waals surface area (Å²) in [4.78, 5) is 0.318. The Bertz CT molecular complexity index is 1390. The lowest BCUT2D eigenvalue weighted by Crippen LogP contribution is -2.42. The highest BCUT2D eigenvalue weighted by atomic mass is 32.2. The molecule has 1 aromatic heterocycles. The van der Waals surface area contributed by atoms with E-state index in [9.17, 15) is 8.42 Å². The van der Waals surface area contributed by atoms with Gasteiger partial charge in [-0.25, -0.2) is 13.0 Å². The number of rotatable bonds is 20. The van der Waals surface area contributed by atoms with Crippen LogP contribution in [-0.2, 0) is 35.1 Å². The average molecular weight is 636 g/mol. The first-order chi connectivity index (χ1) is 21.6. The van der Waals surface area contributed by atoms with Gasteiger partial charge in [-0.2, -0.15) is 4.31 Å². The molecule has 3 rings (SSSR count). The zero-order chi connectivity index (χ0) is 32.7. The lowest BCUT2D eigenvalue weighted by Gasteiger charge is -2.26. The van der Waals surface area contributed by atoms with Crippen LogP contribution in [0, 0.1) is 6.92 Å². The lowest BCUT2D eigenvalue weighted by molar-refractivity contribution is -0.704. The van der Waals surface area contributed by atoms with Gasteiger partial charge in [-0.3, -0.25) is 0 Å². The van der Waals surface area contributed by atoms with Gasteiger partial charge >= 0.3 is 0 Å². The van der Waals surface area contributed by atoms with Crippen LogP contribution in [-0.4, -0.2) is 19.3 Å². The first kappa shape index (κ1) is 36.8. The minimum atomic E-state index is -3.75. The molecule has 0 amide bonds. The van der Waals surface area contributed by atoms with Crippen LogP contribution in [0.3, 0.4) is 0 Å². The molecule has 0 atom stereocenters. The number of ether oxygens (including phenoxy) is 1. The molecule has 6 heteroatoms. The van der Waals surface area contributed by atoms with Crippen LogP contribution in [0.4, 0.5) is 0 Å². The quantitative estimate of drug-likeness (QED) is 0.0918. The zero-order valence-electron chi connectivity index (χ0n) is 29.0. The summed E-state index contributed by atoms with van der Waals surface area (Å²) in [7, 11) is -3.75. The Morgan fingerprint density at radius 2 is 1.40 bits per heavy atom. The van der Waals surface area contributed by atoms with Crippen molar-refractivity contribution in [2.45, 2.75) is 142 Å². The highest BCUT2D eigenvalue weighted by Gasteiger charge is 2.29. The molecule has 0 aliphatic heterocycles. The number of pyridine rings is 1. The highest BCUT2D eigenvalue weighted by Crippen LogP contribution is 2.33. The van der Waals surface area contributed by atoms with Gasteiger partial charge in [0.1, 0.15) is 12.3 Å². The minimum absolute atomic E-state index is 0.145. The van der Waals surface area contributed by atoms with Gasteiger partial charge < -0.3 is 4.74 Å². The van der Waals surface area contributed by atoms with E-state index in [4.69, 9.17) is 4.74 Å². The van der Waals surface area contributed by atoms with Crippen LogP contribution >= 0.6 is 0 Å². The molecule has 1 heterocycles. The smallest absolute Gasteiger partial charge is 0.243 e. The Morgan fingerprint density at radius 1 is 0.756 bits per heavy atom. The van der Waals surface area contributed by atoms with E-state index < -0.39 is 10.0 Å². The van der Waals surface area contributed by atoms with E-state index in [1.165, 1.54) is 57.8 Å². The molecule has 0 aliphatic carbocycles. The number of unbranched alkanes of at least 4 members (excludes halogenated alkanes) is 9. The van der Waals surface area contributed by atoms with Crippen LogP contribution in [0.15, 0.2) is 71.8 Å². The molecule has 5 nitrogen and oxygen atoms in total. The number of benzene rings is 2. The fourth-order valence-corrected chi connectivity index (χ4v) is 7.14. The molecule has 0 N–H and O–H groups in total. The van der Waals surface area contributed by atoms with Gasteiger partial charge in [-0.05, 0) is 48.1 Å². The molecule has 248 valence electrons. The summed E-state index contributed by atoms with van der Waals surface area (Å²) in [6.07, 6.45) is 16.0. The second-order valence-electron chi connectivity index (χ2n) is 13.6. The van der Waals surface area contributed by atoms with Crippen molar-refractivity contribution in [3.8, 4) is 5.75 Å². The first-order valence-corrected chi connectivity index (χ1v) is 18.8. The molecule has 3 aromatic rings. The van der Waals surface area contributed by atoms with Gasteiger partial charge in [0.25, 0.3) is 0 Å². The van der Waals surface area contributed by atoms with E-state index in [1.54, 1.807) is 16.4 Å². The van der Waals surface area contributed by atoms with Crippen molar-refractivity contribution in [1.82, 2.24) is 4.31 Å². The van der Waals surface area contributed by atoms with E-state index in [2.05, 4.69) is 45.3 Å². The summed E-state index contributed by atoms with van der Waals surface area (Å²) < 4.78 is 38.3. The van der Waals surface area contributed by atoms with Gasteiger partial charge in [0, 0.05) is 25.1 Å². The second-order valence-corrected chi connectivity index (χ2v) is 15.5. The van der Waals surface area contributed by atoms with Crippen molar-refractivity contribution in [3.05, 3.63) is 89.2 Å². The molecule has 0 unspecified atom stereocenters. The predicted molar refractivity (Wildman–Crippen MR) is 187 cm³/mol. The Balaban J connectivity index is 1.74. The topological polar surface area (TPSA) is 50.5 Å². The summed E-state index contributed by atoms with van der Waals surface area (Å²) in [6.45, 7) is 15.1. The summed E-state index contributed by atoms with van der Waals surface area (Å²) >= 11 is 0. The maximum atomic E-state index is 14.1. The SMILES string of the molecule is CCCCCCCCCCCCOc1ccc(CN(Cc2cccc[n+]2CCC)S(=O)(=O)c2ccc(C)cc2)cc1C(C)(C)C. The van der Waals surface area contributed by atoms with E-state index in [0.29, 0.717) is 18.0 Å². The van der Waals surface area contributed by atoms with E-state index in [-0.39, 0.29) is 12.0 Å². The molecular formula is C39H59N2O3S+. The maximum Gasteiger partial charge on any atom is 0.243 e. The third-order valence-corrected chi connectivity index (χ3v) is 10.3. The number of sulfonamides is 1. The number of nitrogens with zero attached hydrogens (tertiary/aromatic N) is 2. The standard InChI is InChI=1S/C39H59N2O3S/c1-7-9-10-11-12-13-14-15-16-19-29-44-38-26-23-34(30-37(38)39(4,5)6)31-41(32-35-20-17-18-28-40(35)27-8-2)45(42,43)36-24-21-33(3)22-25-36/h17-18,20-26,28,30H,7-16,19,27,29,31-32H2,1-6H3/q+1. The van der Waals surface area contributed by atoms with Crippen molar-refractivity contribution in [3.63, 3.8) is 0 Å². The summed E-state index contributed by atoms with van der Waals surface area (Å²) in [5.74, 6) is 0.902. The molecular weight excluding hydrogens is 577 g/mol. The number of aromatic nitrogens is 1. The molecule has 0 spiro atoms. The largest absolute Gasteiger partial charge is 0.493 e. The lowest BCUT2D eigenvalue weighted by atomic mass is 9.85. The molecule has 0 bridgehead atoms. The fraction of sp³-hybridized carbons (Fsp3) is 0.564. The Morgan fingerprint density at radius 3 is 2.02 bits per heavy atom. The fourth-order valence-electron chi connectivity index (χ4n) is 5.74. The Labute approximate surface area is 275 Å². The monoisotopic (exact) mass is 635 g/mol. The predicted octanol–water partition coefficient (Wildman–Crippen LogP) is 9.68. The van der Waals surface area contributed by atoms with E-state index >= 15 is 0 Å². The summed E-state index contributed by atoms with van der Waals surface area (Å²) in [5.41, 5.74) is 3.93. The molecule has 0 saturated carbocycles. The minimum Gasteiger partial charge on any atom is -0.493 e. The van der Waals surface area contributed by atoms with Crippen molar-refractivity contribution in [1.29, 1.82) is 0 Å². The van der Waals surface area contributed by atoms with Crippen molar-refractivity contribution in [2.75, 3.05) is 6.61 Å². The maximum absolute atomic E-state index is 14.1. The van der Waals surface area contributed by atoms with Gasteiger partial charge in [0.2, 0.25) is 10.0 Å². The normalized spacial score (nSPS) is 12.2. The third-order valence-electron chi connectivity index (χ3n) is 8.46. The van der Waals surface area contributed by atoms with Crippen molar-refractivity contribution in [2.24, 2.45) is 0 Å². The summed E-state index contributed by atoms with van der Waals surface area (Å²) in [5, 5.41) is 0. The third kappa shape index (κ3) is 11.9. The van der Waals surface area contributed by atoms with Gasteiger partial charge in [-0.1, -0.05) is 128 Å². The van der Waals surface area contributed by atoms with Crippen molar-refractivity contribution < 1.29 is 17.7 Å². The van der Waals surface area contributed by atoms with Crippen LogP contribution in [0.5, 0.6) is 5.75 Å². The van der Waals surface area contributed by atoms with Gasteiger partial charge in [0.05, 0.1) is 18.0 Å². The van der Waals surface area contributed by atoms with Gasteiger partial charge in [-0.15, -0.1) is 0 Å². The molecule has 0 aliphatic rings. The van der Waals surface area contributed by atoms with Crippen LogP contribution in [0.2, 0.25) is 0 Å². The Kier molecular flexibility index (Phi) is 15.1. The zero-order valence-corrected chi connectivity index (χ0v) is 29.8. The second kappa shape index (κ2) is 18.4. The van der Waals surface area contributed by atoms with Crippen LogP contribution < -0.4 is 9.30 Å². The number of aryl methyl sites for hydroxylation is 2. The van der Waals surface area contributed by atoms with Crippen LogP contribution in [0.1, 0.15) is 128 Å². The van der Waals surface area contributed by atoms with Gasteiger partial charge in [0.15, 0.2) is 11.9 Å². The van der Waals surface area contributed by atoms with Crippen LogP contribution in [0.25, 0.3) is 0 Å². The molecule has 45 heavy (non-hydrogen) atoms. The first-order valence-electron chi connectivity index (χ1n) is 17.4. The number of hydrogen-bond donors (Lipinski definition) is 0. The Hall–Kier alpha value is -2.70. The average Bonchev–Trinajstić information content (AvgIpc) is 3.00. The van der Waals surface area contributed by atoms with Crippen molar-refractivity contribution >= 4 is 10.0 Å². The summed E-state index contributed by atoms with van der Waals surface area (Å²) in [6, 6.07) is 19.4. The highest BCUT2D eigenvalue weighted by molar-refractivity contribution is 7.89. The molecule has 2 aromatic carbocycles.